The number of ether oxygens (including phenoxy) is 1. The summed E-state index contributed by atoms with van der Waals surface area (Å²) >= 11 is 0. The van der Waals surface area contributed by atoms with Crippen LogP contribution in [0.4, 0.5) is 0 Å². The molecule has 17 heavy (non-hydrogen) atoms. The van der Waals surface area contributed by atoms with E-state index in [4.69, 9.17) is 9.15 Å². The minimum absolute atomic E-state index is 0.146. The van der Waals surface area contributed by atoms with Gasteiger partial charge in [-0.25, -0.2) is 13.2 Å². The number of esters is 1. The van der Waals surface area contributed by atoms with Crippen molar-refractivity contribution in [3.63, 3.8) is 0 Å². The van der Waals surface area contributed by atoms with Crippen molar-refractivity contribution in [1.82, 2.24) is 0 Å². The Morgan fingerprint density at radius 2 is 2.24 bits per heavy atom. The van der Waals surface area contributed by atoms with Gasteiger partial charge in [0.25, 0.3) is 0 Å². The number of carbonyl (C=O) groups excluding carboxylic acids is 1. The molecule has 2 rings (SSSR count). The summed E-state index contributed by atoms with van der Waals surface area (Å²) in [4.78, 5) is 11.6. The Bertz CT molecular complexity index is 488. The topological polar surface area (TPSA) is 73.6 Å². The quantitative estimate of drug-likeness (QED) is 0.766. The molecule has 0 unspecified atom stereocenters. The van der Waals surface area contributed by atoms with Gasteiger partial charge in [0.2, 0.25) is 5.76 Å². The van der Waals surface area contributed by atoms with Crippen molar-refractivity contribution in [2.75, 3.05) is 6.26 Å². The van der Waals surface area contributed by atoms with Crippen LogP contribution in [0.2, 0.25) is 0 Å². The standard InChI is InChI=1S/C11H14O5S/c1-17(13,14)9-5-4-8(7-9)16-11(12)10-3-2-6-15-10/h2-3,6,8-9H,4-5,7H2,1H3/t8-,9-/m0/s1. The van der Waals surface area contributed by atoms with Gasteiger partial charge in [-0.05, 0) is 25.0 Å². The zero-order chi connectivity index (χ0) is 12.5. The van der Waals surface area contributed by atoms with Gasteiger partial charge in [-0.3, -0.25) is 0 Å². The zero-order valence-corrected chi connectivity index (χ0v) is 10.3. The summed E-state index contributed by atoms with van der Waals surface area (Å²) in [6.07, 6.45) is 3.80. The minimum atomic E-state index is -3.04. The number of hydrogen-bond acceptors (Lipinski definition) is 5. The lowest BCUT2D eigenvalue weighted by Crippen LogP contribution is -2.20. The Morgan fingerprint density at radius 3 is 2.76 bits per heavy atom. The molecule has 1 aromatic rings. The average molecular weight is 258 g/mol. The third-order valence-electron chi connectivity index (χ3n) is 2.94. The molecule has 1 aromatic heterocycles. The van der Waals surface area contributed by atoms with E-state index < -0.39 is 21.1 Å². The molecule has 0 N–H and O–H groups in total. The molecule has 1 saturated carbocycles. The van der Waals surface area contributed by atoms with E-state index in [2.05, 4.69) is 0 Å². The van der Waals surface area contributed by atoms with Crippen LogP contribution in [-0.2, 0) is 14.6 Å². The Hall–Kier alpha value is -1.30. The molecule has 1 fully saturated rings. The molecule has 0 radical (unpaired) electrons. The smallest absolute Gasteiger partial charge is 0.374 e. The molecule has 94 valence electrons. The van der Waals surface area contributed by atoms with E-state index in [0.29, 0.717) is 19.3 Å². The monoisotopic (exact) mass is 258 g/mol. The normalized spacial score (nSPS) is 24.8. The number of hydrogen-bond donors (Lipinski definition) is 0. The van der Waals surface area contributed by atoms with Gasteiger partial charge < -0.3 is 9.15 Å². The second kappa shape index (κ2) is 4.52. The number of furan rings is 1. The number of carbonyl (C=O) groups is 1. The fourth-order valence-corrected chi connectivity index (χ4v) is 3.13. The average Bonchev–Trinajstić information content (AvgIpc) is 2.85. The lowest BCUT2D eigenvalue weighted by atomic mass is 10.3. The SMILES string of the molecule is CS(=O)(=O)[C@H]1CC[C@H](OC(=O)c2ccco2)C1. The van der Waals surface area contributed by atoms with E-state index in [0.717, 1.165) is 0 Å². The summed E-state index contributed by atoms with van der Waals surface area (Å²) in [7, 11) is -3.04. The van der Waals surface area contributed by atoms with Gasteiger partial charge in [-0.1, -0.05) is 0 Å². The van der Waals surface area contributed by atoms with Crippen molar-refractivity contribution >= 4 is 15.8 Å². The fourth-order valence-electron chi connectivity index (χ4n) is 2.00. The molecule has 5 nitrogen and oxygen atoms in total. The third kappa shape index (κ3) is 2.88. The van der Waals surface area contributed by atoms with E-state index in [1.54, 1.807) is 6.07 Å². The number of rotatable bonds is 3. The summed E-state index contributed by atoms with van der Waals surface area (Å²) in [6, 6.07) is 3.12. The molecule has 0 aromatic carbocycles. The van der Waals surface area contributed by atoms with Crippen LogP contribution in [0.15, 0.2) is 22.8 Å². The van der Waals surface area contributed by atoms with Gasteiger partial charge in [0.15, 0.2) is 0 Å². The Balaban J connectivity index is 1.93. The van der Waals surface area contributed by atoms with Crippen LogP contribution in [-0.4, -0.2) is 32.0 Å². The molecular formula is C11H14O5S. The number of sulfone groups is 1. The summed E-state index contributed by atoms with van der Waals surface area (Å²) in [5, 5.41) is -0.392. The molecule has 0 aliphatic heterocycles. The van der Waals surface area contributed by atoms with E-state index >= 15 is 0 Å². The molecule has 1 aliphatic rings. The van der Waals surface area contributed by atoms with E-state index in [1.807, 2.05) is 0 Å². The van der Waals surface area contributed by atoms with E-state index in [-0.39, 0.29) is 11.9 Å². The second-order valence-corrected chi connectivity index (χ2v) is 6.59. The highest BCUT2D eigenvalue weighted by Crippen LogP contribution is 2.27. The zero-order valence-electron chi connectivity index (χ0n) is 9.46. The predicted octanol–water partition coefficient (Wildman–Crippen LogP) is 1.40. The third-order valence-corrected chi connectivity index (χ3v) is 4.58. The Labute approximate surface area is 99.7 Å². The van der Waals surface area contributed by atoms with Gasteiger partial charge in [0.1, 0.15) is 15.9 Å². The van der Waals surface area contributed by atoms with Crippen molar-refractivity contribution in [3.05, 3.63) is 24.2 Å². The van der Waals surface area contributed by atoms with Gasteiger partial charge in [-0.15, -0.1) is 0 Å². The van der Waals surface area contributed by atoms with Crippen LogP contribution in [0, 0.1) is 0 Å². The van der Waals surface area contributed by atoms with Crippen molar-refractivity contribution < 1.29 is 22.4 Å². The highest BCUT2D eigenvalue weighted by atomic mass is 32.2. The van der Waals surface area contributed by atoms with E-state index in [1.165, 1.54) is 18.6 Å². The summed E-state index contributed by atoms with van der Waals surface area (Å²) in [5.74, 6) is -0.387. The Morgan fingerprint density at radius 1 is 1.47 bits per heavy atom. The van der Waals surface area contributed by atoms with Crippen molar-refractivity contribution in [3.8, 4) is 0 Å². The predicted molar refractivity (Wildman–Crippen MR) is 60.4 cm³/mol. The molecule has 6 heteroatoms. The summed E-state index contributed by atoms with van der Waals surface area (Å²) < 4.78 is 32.8. The maximum atomic E-state index is 11.6. The van der Waals surface area contributed by atoms with Gasteiger partial charge in [0.05, 0.1) is 11.5 Å². The fraction of sp³-hybridized carbons (Fsp3) is 0.545. The van der Waals surface area contributed by atoms with Crippen LogP contribution < -0.4 is 0 Å². The molecule has 0 spiro atoms. The van der Waals surface area contributed by atoms with Crippen LogP contribution in [0.1, 0.15) is 29.8 Å². The minimum Gasteiger partial charge on any atom is -0.457 e. The molecule has 2 atom stereocenters. The summed E-state index contributed by atoms with van der Waals surface area (Å²) in [6.45, 7) is 0. The van der Waals surface area contributed by atoms with Gasteiger partial charge in [0, 0.05) is 12.7 Å². The molecule has 0 bridgehead atoms. The molecule has 1 heterocycles. The van der Waals surface area contributed by atoms with Crippen molar-refractivity contribution in [2.24, 2.45) is 0 Å². The van der Waals surface area contributed by atoms with Crippen LogP contribution in [0.5, 0.6) is 0 Å². The lowest BCUT2D eigenvalue weighted by molar-refractivity contribution is 0.0282. The molecular weight excluding hydrogens is 244 g/mol. The Kier molecular flexibility index (Phi) is 3.24. The van der Waals surface area contributed by atoms with Crippen LogP contribution in [0.25, 0.3) is 0 Å². The van der Waals surface area contributed by atoms with Crippen LogP contribution in [0.3, 0.4) is 0 Å². The maximum absolute atomic E-state index is 11.6. The highest BCUT2D eigenvalue weighted by molar-refractivity contribution is 7.91. The maximum Gasteiger partial charge on any atom is 0.374 e. The first-order valence-electron chi connectivity index (χ1n) is 5.40. The molecule has 0 amide bonds. The first kappa shape index (κ1) is 12.2. The first-order valence-corrected chi connectivity index (χ1v) is 7.35. The van der Waals surface area contributed by atoms with Crippen molar-refractivity contribution in [1.29, 1.82) is 0 Å². The highest BCUT2D eigenvalue weighted by Gasteiger charge is 2.34. The molecule has 0 saturated heterocycles. The lowest BCUT2D eigenvalue weighted by Gasteiger charge is -2.10. The van der Waals surface area contributed by atoms with Crippen molar-refractivity contribution in [2.45, 2.75) is 30.6 Å². The first-order chi connectivity index (χ1) is 7.97. The van der Waals surface area contributed by atoms with Crippen LogP contribution >= 0.6 is 0 Å². The van der Waals surface area contributed by atoms with Gasteiger partial charge >= 0.3 is 5.97 Å². The molecule has 1 aliphatic carbocycles. The van der Waals surface area contributed by atoms with Gasteiger partial charge in [-0.2, -0.15) is 0 Å². The summed E-state index contributed by atoms with van der Waals surface area (Å²) in [5.41, 5.74) is 0. The second-order valence-electron chi connectivity index (χ2n) is 4.27. The van der Waals surface area contributed by atoms with E-state index in [9.17, 15) is 13.2 Å². The largest absolute Gasteiger partial charge is 0.457 e.